The quantitative estimate of drug-likeness (QED) is 0.334. The normalized spacial score (nSPS) is 11.7. The summed E-state index contributed by atoms with van der Waals surface area (Å²) in [5, 5.41) is 15.3. The van der Waals surface area contributed by atoms with Gasteiger partial charge in [0, 0.05) is 10.0 Å². The van der Waals surface area contributed by atoms with E-state index in [1.807, 2.05) is 5.43 Å². The number of amides is 2. The summed E-state index contributed by atoms with van der Waals surface area (Å²) < 4.78 is 0.837. The summed E-state index contributed by atoms with van der Waals surface area (Å²) in [6.45, 7) is 0. The molecule has 0 spiro atoms. The molecule has 5 N–H and O–H groups in total. The van der Waals surface area contributed by atoms with Crippen molar-refractivity contribution in [2.45, 2.75) is 6.04 Å². The fourth-order valence-electron chi connectivity index (χ4n) is 1.44. The highest BCUT2D eigenvalue weighted by atomic mass is 79.9. The molecular formula is C10H10BrN7O2. The zero-order chi connectivity index (χ0) is 14.5. The maximum absolute atomic E-state index is 12.0. The zero-order valence-electron chi connectivity index (χ0n) is 10.0. The van der Waals surface area contributed by atoms with Gasteiger partial charge in [0.15, 0.2) is 6.04 Å². The Hall–Kier alpha value is -2.33. The summed E-state index contributed by atoms with van der Waals surface area (Å²) in [7, 11) is 0. The maximum Gasteiger partial charge on any atom is 0.264 e. The van der Waals surface area contributed by atoms with E-state index in [0.29, 0.717) is 5.56 Å². The highest BCUT2D eigenvalue weighted by Crippen LogP contribution is 2.12. The van der Waals surface area contributed by atoms with Crippen LogP contribution in [0.5, 0.6) is 0 Å². The number of carbonyl (C=O) groups is 2. The molecule has 10 heteroatoms. The number of benzene rings is 1. The molecule has 1 aromatic carbocycles. The largest absolute Gasteiger partial charge is 0.334 e. The first-order chi connectivity index (χ1) is 9.61. The lowest BCUT2D eigenvalue weighted by Gasteiger charge is -2.13. The fraction of sp³-hybridized carbons (Fsp3) is 0.100. The van der Waals surface area contributed by atoms with Crippen LogP contribution in [0.15, 0.2) is 28.7 Å². The predicted molar refractivity (Wildman–Crippen MR) is 70.9 cm³/mol. The number of nitrogens with two attached hydrogens (primary N) is 1. The first-order valence-corrected chi connectivity index (χ1v) is 6.21. The third-order valence-electron chi connectivity index (χ3n) is 2.41. The van der Waals surface area contributed by atoms with Crippen molar-refractivity contribution in [1.82, 2.24) is 31.4 Å². The first kappa shape index (κ1) is 14.1. The minimum atomic E-state index is -1.13. The molecule has 2 aromatic rings. The van der Waals surface area contributed by atoms with Gasteiger partial charge in [-0.3, -0.25) is 15.0 Å². The minimum Gasteiger partial charge on any atom is -0.334 e. The van der Waals surface area contributed by atoms with Gasteiger partial charge in [0.05, 0.1) is 0 Å². The molecule has 0 aliphatic rings. The molecule has 2 rings (SSSR count). The van der Waals surface area contributed by atoms with Crippen LogP contribution in [0.25, 0.3) is 0 Å². The molecule has 0 aliphatic heterocycles. The van der Waals surface area contributed by atoms with Gasteiger partial charge in [-0.1, -0.05) is 21.1 Å². The van der Waals surface area contributed by atoms with E-state index in [1.54, 1.807) is 24.3 Å². The standard InChI is InChI=1S/C10H10BrN7O2/c11-6-3-1-5(2-4-6)9(19)13-7(10(20)14-12)8-15-17-18-16-8/h1-4,7H,12H2,(H,13,19)(H,14,20)(H,15,16,17,18)/t7-/m1/s1. The van der Waals surface area contributed by atoms with E-state index in [0.717, 1.165) is 4.47 Å². The highest BCUT2D eigenvalue weighted by Gasteiger charge is 2.26. The van der Waals surface area contributed by atoms with Gasteiger partial charge < -0.3 is 5.32 Å². The highest BCUT2D eigenvalue weighted by molar-refractivity contribution is 9.10. The molecule has 1 aromatic heterocycles. The third-order valence-corrected chi connectivity index (χ3v) is 2.93. The first-order valence-electron chi connectivity index (χ1n) is 5.42. The Morgan fingerprint density at radius 3 is 2.55 bits per heavy atom. The van der Waals surface area contributed by atoms with E-state index in [2.05, 4.69) is 41.9 Å². The van der Waals surface area contributed by atoms with Gasteiger partial charge in [0.2, 0.25) is 5.82 Å². The van der Waals surface area contributed by atoms with E-state index >= 15 is 0 Å². The Labute approximate surface area is 121 Å². The van der Waals surface area contributed by atoms with Gasteiger partial charge in [-0.05, 0) is 24.3 Å². The number of hydrogen-bond acceptors (Lipinski definition) is 6. The Kier molecular flexibility index (Phi) is 4.38. The van der Waals surface area contributed by atoms with E-state index < -0.39 is 17.9 Å². The number of aromatic nitrogens is 4. The number of H-pyrrole nitrogens is 1. The van der Waals surface area contributed by atoms with Crippen LogP contribution in [0.2, 0.25) is 0 Å². The van der Waals surface area contributed by atoms with Crippen molar-refractivity contribution in [3.63, 3.8) is 0 Å². The monoisotopic (exact) mass is 339 g/mol. The lowest BCUT2D eigenvalue weighted by molar-refractivity contribution is -0.123. The zero-order valence-corrected chi connectivity index (χ0v) is 11.6. The van der Waals surface area contributed by atoms with Crippen LogP contribution in [0.4, 0.5) is 0 Å². The molecular weight excluding hydrogens is 330 g/mol. The smallest absolute Gasteiger partial charge is 0.264 e. The number of aromatic amines is 1. The number of carbonyl (C=O) groups excluding carboxylic acids is 2. The molecule has 9 nitrogen and oxygen atoms in total. The average molecular weight is 340 g/mol. The SMILES string of the molecule is NNC(=O)[C@H](NC(=O)c1ccc(Br)cc1)c1nn[nH]n1. The number of rotatable bonds is 4. The molecule has 0 fully saturated rings. The number of halogens is 1. The summed E-state index contributed by atoms with van der Waals surface area (Å²) in [6, 6.07) is 5.50. The molecule has 1 heterocycles. The van der Waals surface area contributed by atoms with Gasteiger partial charge in [0.25, 0.3) is 11.8 Å². The molecule has 0 radical (unpaired) electrons. The molecule has 0 saturated carbocycles. The van der Waals surface area contributed by atoms with Gasteiger partial charge in [0.1, 0.15) is 0 Å². The average Bonchev–Trinajstić information content (AvgIpc) is 2.98. The van der Waals surface area contributed by atoms with Gasteiger partial charge in [-0.25, -0.2) is 5.84 Å². The summed E-state index contributed by atoms with van der Waals surface area (Å²) in [4.78, 5) is 23.7. The Morgan fingerprint density at radius 2 is 2.00 bits per heavy atom. The maximum atomic E-state index is 12.0. The molecule has 1 atom stereocenters. The second-order valence-electron chi connectivity index (χ2n) is 3.69. The molecule has 104 valence electrons. The van der Waals surface area contributed by atoms with Crippen molar-refractivity contribution in [1.29, 1.82) is 0 Å². The molecule has 0 saturated heterocycles. The van der Waals surface area contributed by atoms with E-state index in [1.165, 1.54) is 0 Å². The number of tetrazole rings is 1. The third kappa shape index (κ3) is 3.16. The van der Waals surface area contributed by atoms with Crippen molar-refractivity contribution in [3.05, 3.63) is 40.1 Å². The van der Waals surface area contributed by atoms with Crippen molar-refractivity contribution in [2.24, 2.45) is 5.84 Å². The van der Waals surface area contributed by atoms with Crippen LogP contribution < -0.4 is 16.6 Å². The second-order valence-corrected chi connectivity index (χ2v) is 4.61. The summed E-state index contributed by atoms with van der Waals surface area (Å²) in [6.07, 6.45) is 0. The summed E-state index contributed by atoms with van der Waals surface area (Å²) >= 11 is 3.27. The topological polar surface area (TPSA) is 139 Å². The number of nitrogens with zero attached hydrogens (tertiary/aromatic N) is 3. The van der Waals surface area contributed by atoms with Crippen LogP contribution >= 0.6 is 15.9 Å². The van der Waals surface area contributed by atoms with Crippen molar-refractivity contribution in [2.75, 3.05) is 0 Å². The molecule has 2 amide bonds. The number of hydrogen-bond donors (Lipinski definition) is 4. The predicted octanol–water partition coefficient (Wildman–Crippen LogP) is -0.577. The van der Waals surface area contributed by atoms with Crippen LogP contribution in [-0.4, -0.2) is 32.4 Å². The van der Waals surface area contributed by atoms with Crippen molar-refractivity contribution in [3.8, 4) is 0 Å². The Balaban J connectivity index is 2.18. The minimum absolute atomic E-state index is 0.0124. The van der Waals surface area contributed by atoms with Crippen LogP contribution in [0.1, 0.15) is 22.2 Å². The van der Waals surface area contributed by atoms with E-state index in [9.17, 15) is 9.59 Å². The summed E-state index contributed by atoms with van der Waals surface area (Å²) in [5.74, 6) is 3.96. The van der Waals surface area contributed by atoms with E-state index in [-0.39, 0.29) is 5.82 Å². The van der Waals surface area contributed by atoms with Gasteiger partial charge >= 0.3 is 0 Å². The fourth-order valence-corrected chi connectivity index (χ4v) is 1.70. The van der Waals surface area contributed by atoms with Gasteiger partial charge in [-0.15, -0.1) is 10.2 Å². The number of nitrogens with one attached hydrogen (secondary N) is 3. The van der Waals surface area contributed by atoms with E-state index in [4.69, 9.17) is 5.84 Å². The Morgan fingerprint density at radius 1 is 1.30 bits per heavy atom. The molecule has 0 bridgehead atoms. The molecule has 20 heavy (non-hydrogen) atoms. The van der Waals surface area contributed by atoms with Crippen LogP contribution in [0.3, 0.4) is 0 Å². The Bertz CT molecular complexity index is 599. The second kappa shape index (κ2) is 6.21. The molecule has 0 unspecified atom stereocenters. The van der Waals surface area contributed by atoms with Crippen molar-refractivity contribution < 1.29 is 9.59 Å². The lowest BCUT2D eigenvalue weighted by Crippen LogP contribution is -2.43. The number of hydrazine groups is 1. The van der Waals surface area contributed by atoms with Crippen molar-refractivity contribution >= 4 is 27.7 Å². The summed E-state index contributed by atoms with van der Waals surface area (Å²) in [5.41, 5.74) is 2.32. The lowest BCUT2D eigenvalue weighted by atomic mass is 10.2. The van der Waals surface area contributed by atoms with Crippen LogP contribution in [-0.2, 0) is 4.79 Å². The van der Waals surface area contributed by atoms with Gasteiger partial charge in [-0.2, -0.15) is 5.21 Å². The van der Waals surface area contributed by atoms with Crippen LogP contribution in [0, 0.1) is 0 Å². The molecule has 0 aliphatic carbocycles.